The molecular weight excluding hydrogens is 298 g/mol. The Kier molecular flexibility index (Phi) is 3.17. The number of rotatable bonds is 3. The molecule has 1 saturated carbocycles. The quantitative estimate of drug-likeness (QED) is 0.897. The summed E-state index contributed by atoms with van der Waals surface area (Å²) in [6.07, 6.45) is 6.55. The van der Waals surface area contributed by atoms with Gasteiger partial charge in [-0.3, -0.25) is 4.98 Å². The molecule has 2 unspecified atom stereocenters. The molecule has 6 nitrogen and oxygen atoms in total. The lowest BCUT2D eigenvalue weighted by Gasteiger charge is -2.14. The van der Waals surface area contributed by atoms with Gasteiger partial charge in [0.05, 0.1) is 12.4 Å². The van der Waals surface area contributed by atoms with Crippen LogP contribution >= 0.6 is 15.9 Å². The van der Waals surface area contributed by atoms with E-state index in [4.69, 9.17) is 5.11 Å². The summed E-state index contributed by atoms with van der Waals surface area (Å²) < 4.78 is 2.29. The minimum absolute atomic E-state index is 0.273. The number of aliphatic hydroxyl groups excluding tert-OH is 1. The van der Waals surface area contributed by atoms with Gasteiger partial charge >= 0.3 is 0 Å². The Morgan fingerprint density at radius 2 is 2.33 bits per heavy atom. The number of halogens is 1. The first-order valence-corrected chi connectivity index (χ1v) is 6.79. The van der Waals surface area contributed by atoms with Gasteiger partial charge in [0.2, 0.25) is 4.73 Å². The molecule has 0 spiro atoms. The number of fused-ring (bicyclic) bond motifs is 1. The van der Waals surface area contributed by atoms with Crippen LogP contribution in [0.3, 0.4) is 0 Å². The number of nitrogens with zero attached hydrogens (tertiary/aromatic N) is 4. The molecule has 0 amide bonds. The summed E-state index contributed by atoms with van der Waals surface area (Å²) in [6.45, 7) is 0.273. The van der Waals surface area contributed by atoms with Crippen LogP contribution in [0.1, 0.15) is 19.3 Å². The van der Waals surface area contributed by atoms with Crippen LogP contribution in [0, 0.1) is 5.92 Å². The fourth-order valence-electron chi connectivity index (χ4n) is 2.47. The van der Waals surface area contributed by atoms with Crippen molar-refractivity contribution in [2.45, 2.75) is 25.3 Å². The summed E-state index contributed by atoms with van der Waals surface area (Å²) in [4.78, 5) is 8.36. The number of hydrogen-bond acceptors (Lipinski definition) is 5. The van der Waals surface area contributed by atoms with E-state index < -0.39 is 0 Å². The molecule has 0 radical (unpaired) electrons. The maximum absolute atomic E-state index is 9.15. The van der Waals surface area contributed by atoms with E-state index in [9.17, 15) is 0 Å². The van der Waals surface area contributed by atoms with E-state index in [2.05, 4.69) is 36.3 Å². The Labute approximate surface area is 113 Å². The molecule has 1 fully saturated rings. The van der Waals surface area contributed by atoms with Crippen molar-refractivity contribution in [3.63, 3.8) is 0 Å². The Balaban J connectivity index is 1.82. The van der Waals surface area contributed by atoms with E-state index in [1.807, 2.05) is 0 Å². The Morgan fingerprint density at radius 3 is 3.11 bits per heavy atom. The Morgan fingerprint density at radius 1 is 1.44 bits per heavy atom. The maximum Gasteiger partial charge on any atom is 0.218 e. The monoisotopic (exact) mass is 311 g/mol. The highest BCUT2D eigenvalue weighted by atomic mass is 79.9. The van der Waals surface area contributed by atoms with Crippen molar-refractivity contribution in [2.75, 3.05) is 11.9 Å². The van der Waals surface area contributed by atoms with Gasteiger partial charge < -0.3 is 10.4 Å². The average molecular weight is 312 g/mol. The van der Waals surface area contributed by atoms with Crippen molar-refractivity contribution in [3.05, 3.63) is 17.1 Å². The lowest BCUT2D eigenvalue weighted by atomic mass is 10.1. The van der Waals surface area contributed by atoms with E-state index in [1.54, 1.807) is 16.9 Å². The third-order valence-electron chi connectivity index (χ3n) is 3.37. The van der Waals surface area contributed by atoms with Crippen LogP contribution in [-0.4, -0.2) is 37.3 Å². The zero-order valence-corrected chi connectivity index (χ0v) is 11.3. The van der Waals surface area contributed by atoms with Gasteiger partial charge in [0.15, 0.2) is 5.65 Å². The molecule has 0 bridgehead atoms. The zero-order chi connectivity index (χ0) is 12.5. The predicted octanol–water partition coefficient (Wildman–Crippen LogP) is 1.46. The summed E-state index contributed by atoms with van der Waals surface area (Å²) in [7, 11) is 0. The first-order valence-electron chi connectivity index (χ1n) is 6.00. The van der Waals surface area contributed by atoms with Crippen LogP contribution in [0.2, 0.25) is 0 Å². The smallest absolute Gasteiger partial charge is 0.218 e. The second-order valence-electron chi connectivity index (χ2n) is 4.65. The Bertz CT molecular complexity index is 557. The van der Waals surface area contributed by atoms with E-state index in [0.29, 0.717) is 22.3 Å². The lowest BCUT2D eigenvalue weighted by Crippen LogP contribution is -2.18. The van der Waals surface area contributed by atoms with E-state index >= 15 is 0 Å². The summed E-state index contributed by atoms with van der Waals surface area (Å²) in [6, 6.07) is 0.373. The van der Waals surface area contributed by atoms with Gasteiger partial charge in [-0.25, -0.2) is 0 Å². The first-order chi connectivity index (χ1) is 8.76. The first kappa shape index (κ1) is 11.9. The minimum Gasteiger partial charge on any atom is -0.396 e. The molecule has 7 heteroatoms. The highest BCUT2D eigenvalue weighted by molar-refractivity contribution is 9.10. The highest BCUT2D eigenvalue weighted by Gasteiger charge is 2.24. The van der Waals surface area contributed by atoms with Crippen LogP contribution in [0.15, 0.2) is 17.1 Å². The molecule has 2 atom stereocenters. The molecule has 2 aromatic heterocycles. The van der Waals surface area contributed by atoms with Crippen molar-refractivity contribution in [1.82, 2.24) is 19.6 Å². The molecule has 0 saturated heterocycles. The second-order valence-corrected chi connectivity index (χ2v) is 5.36. The second kappa shape index (κ2) is 4.81. The molecule has 2 heterocycles. The van der Waals surface area contributed by atoms with Crippen LogP contribution in [0.4, 0.5) is 5.82 Å². The van der Waals surface area contributed by atoms with Gasteiger partial charge in [-0.2, -0.15) is 9.50 Å². The summed E-state index contributed by atoms with van der Waals surface area (Å²) in [5.41, 5.74) is 0.712. The summed E-state index contributed by atoms with van der Waals surface area (Å²) in [5.74, 6) is 1.26. The van der Waals surface area contributed by atoms with Crippen LogP contribution in [-0.2, 0) is 0 Å². The van der Waals surface area contributed by atoms with Gasteiger partial charge in [0, 0.05) is 12.6 Å². The van der Waals surface area contributed by atoms with Crippen LogP contribution in [0.5, 0.6) is 0 Å². The topological polar surface area (TPSA) is 75.3 Å². The SMILES string of the molecule is OCC1CCC(Nc2cncc3nc(Br)nn23)C1. The number of hydrogen-bond donors (Lipinski definition) is 2. The van der Waals surface area contributed by atoms with E-state index in [0.717, 1.165) is 25.1 Å². The van der Waals surface area contributed by atoms with Crippen molar-refractivity contribution in [1.29, 1.82) is 0 Å². The normalized spacial score (nSPS) is 23.7. The number of anilines is 1. The molecule has 96 valence electrons. The average Bonchev–Trinajstić information content (AvgIpc) is 2.95. The fraction of sp³-hybridized carbons (Fsp3) is 0.545. The molecule has 1 aliphatic rings. The molecule has 1 aliphatic carbocycles. The zero-order valence-electron chi connectivity index (χ0n) is 9.75. The minimum atomic E-state index is 0.273. The lowest BCUT2D eigenvalue weighted by molar-refractivity contribution is 0.229. The molecular formula is C11H14BrN5O. The molecule has 2 aromatic rings. The fourth-order valence-corrected chi connectivity index (χ4v) is 2.81. The van der Waals surface area contributed by atoms with Crippen LogP contribution < -0.4 is 5.32 Å². The largest absolute Gasteiger partial charge is 0.396 e. The van der Waals surface area contributed by atoms with Crippen molar-refractivity contribution in [2.24, 2.45) is 5.92 Å². The van der Waals surface area contributed by atoms with E-state index in [-0.39, 0.29) is 6.61 Å². The molecule has 18 heavy (non-hydrogen) atoms. The van der Waals surface area contributed by atoms with Crippen LogP contribution in [0.25, 0.3) is 5.65 Å². The number of aliphatic hydroxyl groups is 1. The van der Waals surface area contributed by atoms with Crippen molar-refractivity contribution >= 4 is 27.4 Å². The van der Waals surface area contributed by atoms with E-state index in [1.165, 1.54) is 0 Å². The highest BCUT2D eigenvalue weighted by Crippen LogP contribution is 2.27. The standard InChI is InChI=1S/C11H14BrN5O/c12-11-15-10-5-13-4-9(17(10)16-11)14-8-2-1-7(3-8)6-18/h4-5,7-8,14,18H,1-3,6H2. The van der Waals surface area contributed by atoms with Gasteiger partial charge in [0.1, 0.15) is 5.82 Å². The number of aromatic nitrogens is 4. The summed E-state index contributed by atoms with van der Waals surface area (Å²) in [5, 5.41) is 16.8. The third kappa shape index (κ3) is 2.20. The van der Waals surface area contributed by atoms with Gasteiger partial charge in [-0.05, 0) is 41.1 Å². The van der Waals surface area contributed by atoms with Gasteiger partial charge in [-0.1, -0.05) is 0 Å². The van der Waals surface area contributed by atoms with Gasteiger partial charge in [-0.15, -0.1) is 5.10 Å². The van der Waals surface area contributed by atoms with Crippen molar-refractivity contribution < 1.29 is 5.11 Å². The maximum atomic E-state index is 9.15. The molecule has 0 aliphatic heterocycles. The van der Waals surface area contributed by atoms with Gasteiger partial charge in [0.25, 0.3) is 0 Å². The Hall–Kier alpha value is -1.21. The third-order valence-corrected chi connectivity index (χ3v) is 3.71. The molecule has 2 N–H and O–H groups in total. The predicted molar refractivity (Wildman–Crippen MR) is 70.3 cm³/mol. The molecule has 0 aromatic carbocycles. The number of nitrogens with one attached hydrogen (secondary N) is 1. The summed E-state index contributed by atoms with van der Waals surface area (Å²) >= 11 is 3.26. The van der Waals surface area contributed by atoms with Crippen molar-refractivity contribution in [3.8, 4) is 0 Å². The molecule has 3 rings (SSSR count).